The lowest BCUT2D eigenvalue weighted by Crippen LogP contribution is -2.70. The van der Waals surface area contributed by atoms with Crippen molar-refractivity contribution in [2.75, 3.05) is 44.0 Å². The van der Waals surface area contributed by atoms with E-state index >= 15 is 8.42 Å². The maximum atomic E-state index is 15.3. The number of anilines is 1. The topological polar surface area (TPSA) is 199 Å². The molecule has 3 aliphatic rings. The maximum absolute atomic E-state index is 15.3. The predicted molar refractivity (Wildman–Crippen MR) is 270 cm³/mol. The molecule has 1 heterocycles. The van der Waals surface area contributed by atoms with Gasteiger partial charge in [-0.25, -0.2) is 8.42 Å². The van der Waals surface area contributed by atoms with Gasteiger partial charge in [-0.1, -0.05) is 55.3 Å². The number of nitrogens with one attached hydrogen (secondary N) is 1. The SMILES string of the molecule is C=CCO[C@@]12Oc3ccc(OCCSc4ccccc4)cc3[C@H]3[C@H](CCCCO)[C@@H](CCCCO)C=C(C(=NOCc4ccc([N+](=O)[O-])cc4)C[C@@H]1N(CCC)S(=O)(=O)c1ccc(NC(C)=O)cc1)[C@H]32. The van der Waals surface area contributed by atoms with Crippen molar-refractivity contribution in [2.24, 2.45) is 22.9 Å². The van der Waals surface area contributed by atoms with E-state index in [0.717, 1.165) is 41.7 Å². The van der Waals surface area contributed by atoms with E-state index in [4.69, 9.17) is 24.2 Å². The Bertz CT molecular complexity index is 2580. The highest BCUT2D eigenvalue weighted by molar-refractivity contribution is 7.99. The third-order valence-electron chi connectivity index (χ3n) is 13.1. The van der Waals surface area contributed by atoms with E-state index < -0.39 is 32.7 Å². The molecule has 0 spiro atoms. The fourth-order valence-electron chi connectivity index (χ4n) is 10.2. The highest BCUT2D eigenvalue weighted by Crippen LogP contribution is 2.62. The Hall–Kier alpha value is -5.56. The first kappa shape index (κ1) is 52.3. The molecule has 6 atom stereocenters. The minimum atomic E-state index is -4.33. The van der Waals surface area contributed by atoms with Crippen LogP contribution in [0.15, 0.2) is 136 Å². The number of aliphatic hydroxyl groups excluding tert-OH is 2. The minimum absolute atomic E-state index is 0.0117. The number of oxime groups is 1. The van der Waals surface area contributed by atoms with Crippen molar-refractivity contribution in [1.29, 1.82) is 0 Å². The van der Waals surface area contributed by atoms with Gasteiger partial charge in [0.25, 0.3) is 5.69 Å². The molecule has 1 fully saturated rings. The standard InChI is InChI=1S/C53H64N4O11S2/c1-4-27-56(70(63,64)44-24-19-40(20-25-44)54-37(3)60)50-35-48(55-67-36-38-17-21-41(22-18-38)57(61)62)46-33-39(13-9-11-28-58)45(16-10-12-29-59)51-47-34-42(65-31-32-69-43-14-7-6-8-15-43)23-26-49(47)68-53(50,52(46)51)66-30-5-2/h5-8,14-15,17-26,33-34,39,45,50-52,58-59H,2,4,9-13,16,27-32,35-36H2,1,3H3,(H,54,60)/t39-,45+,50-,51+,52+,53+/m0/s1. The van der Waals surface area contributed by atoms with E-state index in [1.807, 2.05) is 43.3 Å². The second kappa shape index (κ2) is 24.5. The normalized spacial score (nSPS) is 22.0. The number of nitro benzene ring substituents is 1. The summed E-state index contributed by atoms with van der Waals surface area (Å²) in [5.74, 6) is -1.13. The zero-order valence-electron chi connectivity index (χ0n) is 39.8. The van der Waals surface area contributed by atoms with Crippen molar-refractivity contribution in [1.82, 2.24) is 4.31 Å². The van der Waals surface area contributed by atoms with Crippen molar-refractivity contribution in [3.63, 3.8) is 0 Å². The number of allylic oxidation sites excluding steroid dienone is 1. The number of hydrogen-bond acceptors (Lipinski definition) is 13. The van der Waals surface area contributed by atoms with Crippen molar-refractivity contribution < 1.29 is 47.4 Å². The lowest BCUT2D eigenvalue weighted by molar-refractivity contribution is -0.384. The van der Waals surface area contributed by atoms with Gasteiger partial charge < -0.3 is 34.6 Å². The van der Waals surface area contributed by atoms with Gasteiger partial charge in [-0.15, -0.1) is 18.3 Å². The van der Waals surface area contributed by atoms with Gasteiger partial charge in [0.1, 0.15) is 18.1 Å². The van der Waals surface area contributed by atoms with Crippen LogP contribution in [0.2, 0.25) is 0 Å². The molecule has 0 unspecified atom stereocenters. The maximum Gasteiger partial charge on any atom is 0.269 e. The molecule has 374 valence electrons. The van der Waals surface area contributed by atoms with Crippen molar-refractivity contribution >= 4 is 44.8 Å². The molecule has 3 N–H and O–H groups in total. The molecule has 1 saturated carbocycles. The smallest absolute Gasteiger partial charge is 0.269 e. The second-order valence-corrected chi connectivity index (χ2v) is 20.9. The van der Waals surface area contributed by atoms with Crippen LogP contribution in [0.25, 0.3) is 0 Å². The number of rotatable bonds is 26. The number of fused-ring (bicyclic) bond motifs is 2. The number of carbonyl (C=O) groups is 1. The number of non-ortho nitro benzene ring substituents is 1. The first-order chi connectivity index (χ1) is 33.9. The molecule has 0 saturated heterocycles. The molecule has 2 aliphatic carbocycles. The molecule has 4 aromatic carbocycles. The Morgan fingerprint density at radius 2 is 1.74 bits per heavy atom. The quantitative estimate of drug-likeness (QED) is 0.0177. The Morgan fingerprint density at radius 1 is 1.01 bits per heavy atom. The van der Waals surface area contributed by atoms with Gasteiger partial charge >= 0.3 is 0 Å². The molecule has 15 nitrogen and oxygen atoms in total. The largest absolute Gasteiger partial charge is 0.493 e. The van der Waals surface area contributed by atoms with Gasteiger partial charge in [0.15, 0.2) is 0 Å². The third kappa shape index (κ3) is 12.1. The summed E-state index contributed by atoms with van der Waals surface area (Å²) < 4.78 is 53.0. The summed E-state index contributed by atoms with van der Waals surface area (Å²) in [6, 6.07) is 27.0. The highest BCUT2D eigenvalue weighted by Gasteiger charge is 2.66. The minimum Gasteiger partial charge on any atom is -0.493 e. The monoisotopic (exact) mass is 996 g/mol. The zero-order chi connectivity index (χ0) is 49.7. The van der Waals surface area contributed by atoms with Gasteiger partial charge in [0.2, 0.25) is 21.7 Å². The van der Waals surface area contributed by atoms with Gasteiger partial charge in [-0.05, 0) is 122 Å². The van der Waals surface area contributed by atoms with Crippen LogP contribution < -0.4 is 14.8 Å². The Morgan fingerprint density at radius 3 is 2.41 bits per heavy atom. The summed E-state index contributed by atoms with van der Waals surface area (Å²) in [6.45, 7) is 7.90. The molecular formula is C53H64N4O11S2. The molecule has 0 aromatic heterocycles. The zero-order valence-corrected chi connectivity index (χ0v) is 41.5. The number of nitrogens with zero attached hydrogens (tertiary/aromatic N) is 3. The van der Waals surface area contributed by atoms with Gasteiger partial charge in [0.05, 0.1) is 40.7 Å². The van der Waals surface area contributed by atoms with E-state index in [1.165, 1.54) is 35.5 Å². The average molecular weight is 997 g/mol. The first-order valence-corrected chi connectivity index (χ1v) is 26.5. The summed E-state index contributed by atoms with van der Waals surface area (Å²) in [6.07, 6.45) is 8.45. The number of carbonyl (C=O) groups excluding carboxylic acids is 1. The Balaban J connectivity index is 1.40. The number of aliphatic hydroxyl groups is 2. The molecule has 0 bridgehead atoms. The van der Waals surface area contributed by atoms with Crippen LogP contribution in [-0.4, -0.2) is 90.0 Å². The molecule has 1 amide bonds. The lowest BCUT2D eigenvalue weighted by atomic mass is 9.55. The van der Waals surface area contributed by atoms with E-state index in [0.29, 0.717) is 60.1 Å². The molecule has 4 aromatic rings. The van der Waals surface area contributed by atoms with Crippen LogP contribution in [0.3, 0.4) is 0 Å². The third-order valence-corrected chi connectivity index (χ3v) is 16.0. The van der Waals surface area contributed by atoms with E-state index in [9.17, 15) is 25.1 Å². The summed E-state index contributed by atoms with van der Waals surface area (Å²) in [7, 11) is -4.33. The van der Waals surface area contributed by atoms with Crippen LogP contribution in [0.4, 0.5) is 11.4 Å². The van der Waals surface area contributed by atoms with Crippen LogP contribution in [0.5, 0.6) is 11.5 Å². The molecule has 70 heavy (non-hydrogen) atoms. The number of nitro groups is 1. The summed E-state index contributed by atoms with van der Waals surface area (Å²) in [5.41, 5.74) is 3.23. The summed E-state index contributed by atoms with van der Waals surface area (Å²) >= 11 is 1.70. The fourth-order valence-corrected chi connectivity index (χ4v) is 12.6. The van der Waals surface area contributed by atoms with Gasteiger partial charge in [0, 0.05) is 73.1 Å². The van der Waals surface area contributed by atoms with E-state index in [-0.39, 0.29) is 73.6 Å². The van der Waals surface area contributed by atoms with Crippen LogP contribution in [-0.2, 0) is 31.0 Å². The van der Waals surface area contributed by atoms with Crippen LogP contribution in [0, 0.1) is 27.9 Å². The lowest BCUT2D eigenvalue weighted by Gasteiger charge is -2.59. The van der Waals surface area contributed by atoms with Gasteiger partial charge in [-0.3, -0.25) is 14.9 Å². The molecule has 0 radical (unpaired) electrons. The highest BCUT2D eigenvalue weighted by atomic mass is 32.2. The van der Waals surface area contributed by atoms with E-state index in [1.54, 1.807) is 42.1 Å². The number of benzene rings is 4. The molecular weight excluding hydrogens is 933 g/mol. The van der Waals surface area contributed by atoms with Crippen molar-refractivity contribution in [3.8, 4) is 11.5 Å². The summed E-state index contributed by atoms with van der Waals surface area (Å²) in [4.78, 5) is 30.2. The average Bonchev–Trinajstić information content (AvgIpc) is 3.35. The van der Waals surface area contributed by atoms with Crippen LogP contribution >= 0.6 is 11.8 Å². The number of amides is 1. The van der Waals surface area contributed by atoms with Gasteiger partial charge in [-0.2, -0.15) is 4.31 Å². The second-order valence-electron chi connectivity index (χ2n) is 17.8. The first-order valence-electron chi connectivity index (χ1n) is 24.1. The number of sulfonamides is 1. The van der Waals surface area contributed by atoms with Crippen molar-refractivity contribution in [2.45, 2.75) is 99.4 Å². The van der Waals surface area contributed by atoms with Crippen LogP contribution in [0.1, 0.15) is 82.3 Å². The number of unbranched alkanes of at least 4 members (excludes halogenated alkanes) is 2. The Labute approximate surface area is 415 Å². The number of ether oxygens (including phenoxy) is 3. The molecule has 1 aliphatic heterocycles. The number of thioether (sulfide) groups is 1. The summed E-state index contributed by atoms with van der Waals surface area (Å²) in [5, 5.41) is 39.0. The number of hydrogen-bond donors (Lipinski definition) is 3. The molecule has 7 rings (SSSR count). The predicted octanol–water partition coefficient (Wildman–Crippen LogP) is 9.66. The fraction of sp³-hybridized carbons (Fsp3) is 0.434. The van der Waals surface area contributed by atoms with Crippen molar-refractivity contribution in [3.05, 3.63) is 143 Å². The van der Waals surface area contributed by atoms with E-state index in [2.05, 4.69) is 30.1 Å². The molecule has 17 heteroatoms. The Kier molecular flexibility index (Phi) is 18.3.